The molecule has 16 heavy (non-hydrogen) atoms. The number of nitrogens with zero attached hydrogens (tertiary/aromatic N) is 1. The molecule has 0 N–H and O–H groups in total. The molecule has 2 rings (SSSR count). The lowest BCUT2D eigenvalue weighted by atomic mass is 10.2. The average Bonchev–Trinajstić information content (AvgIpc) is 2.30. The van der Waals surface area contributed by atoms with Crippen molar-refractivity contribution in [2.24, 2.45) is 0 Å². The van der Waals surface area contributed by atoms with Crippen LogP contribution in [0.3, 0.4) is 0 Å². The van der Waals surface area contributed by atoms with E-state index in [1.165, 1.54) is 0 Å². The second-order valence-corrected chi connectivity index (χ2v) is 4.15. The van der Waals surface area contributed by atoms with Gasteiger partial charge in [0.25, 0.3) is 0 Å². The Labute approximate surface area is 101 Å². The highest BCUT2D eigenvalue weighted by Gasteiger charge is 2.03. The van der Waals surface area contributed by atoms with E-state index in [9.17, 15) is 0 Å². The van der Waals surface area contributed by atoms with Gasteiger partial charge >= 0.3 is 0 Å². The zero-order valence-corrected chi connectivity index (χ0v) is 10.2. The Balaban J connectivity index is 2.32. The summed E-state index contributed by atoms with van der Waals surface area (Å²) in [5.41, 5.74) is 1.96. The quantitative estimate of drug-likeness (QED) is 0.647. The molecule has 0 saturated heterocycles. The van der Waals surface area contributed by atoms with Crippen molar-refractivity contribution >= 4 is 23.5 Å². The third kappa shape index (κ3) is 2.47. The zero-order chi connectivity index (χ0) is 11.4. The van der Waals surface area contributed by atoms with Crippen LogP contribution in [0.25, 0.3) is 10.9 Å². The van der Waals surface area contributed by atoms with E-state index in [2.05, 4.69) is 23.7 Å². The van der Waals surface area contributed by atoms with Gasteiger partial charge in [0.05, 0.1) is 6.61 Å². The SMILES string of the molecule is Cc1ccc2cccc(OCCCS)c2n1. The Morgan fingerprint density at radius 3 is 2.94 bits per heavy atom. The van der Waals surface area contributed by atoms with Gasteiger partial charge in [-0.15, -0.1) is 0 Å². The fourth-order valence-electron chi connectivity index (χ4n) is 1.58. The molecule has 2 nitrogen and oxygen atoms in total. The van der Waals surface area contributed by atoms with Gasteiger partial charge in [-0.05, 0) is 31.2 Å². The highest BCUT2D eigenvalue weighted by Crippen LogP contribution is 2.23. The Bertz CT molecular complexity index is 484. The number of pyridine rings is 1. The van der Waals surface area contributed by atoms with Crippen molar-refractivity contribution in [1.29, 1.82) is 0 Å². The number of rotatable bonds is 4. The molecule has 0 unspecified atom stereocenters. The summed E-state index contributed by atoms with van der Waals surface area (Å²) in [6.07, 6.45) is 0.950. The lowest BCUT2D eigenvalue weighted by Crippen LogP contribution is -1.99. The molecule has 0 spiro atoms. The topological polar surface area (TPSA) is 22.1 Å². The van der Waals surface area contributed by atoms with Gasteiger partial charge in [0.1, 0.15) is 11.3 Å². The maximum Gasteiger partial charge on any atom is 0.145 e. The van der Waals surface area contributed by atoms with E-state index < -0.39 is 0 Å². The highest BCUT2D eigenvalue weighted by molar-refractivity contribution is 7.80. The van der Waals surface area contributed by atoms with E-state index in [0.29, 0.717) is 6.61 Å². The number of ether oxygens (including phenoxy) is 1. The molecule has 0 fully saturated rings. The van der Waals surface area contributed by atoms with Crippen LogP contribution in [0.5, 0.6) is 5.75 Å². The molecular formula is C13H15NOS. The number of fused-ring (bicyclic) bond motifs is 1. The Kier molecular flexibility index (Phi) is 3.67. The number of aromatic nitrogens is 1. The van der Waals surface area contributed by atoms with Gasteiger partial charge in [-0.2, -0.15) is 12.6 Å². The molecule has 1 aromatic carbocycles. The van der Waals surface area contributed by atoms with Gasteiger partial charge in [-0.1, -0.05) is 18.2 Å². The van der Waals surface area contributed by atoms with E-state index in [1.54, 1.807) is 0 Å². The molecule has 3 heteroatoms. The molecule has 0 radical (unpaired) electrons. The Morgan fingerprint density at radius 2 is 2.12 bits per heavy atom. The molecule has 1 aromatic heterocycles. The van der Waals surface area contributed by atoms with E-state index in [-0.39, 0.29) is 0 Å². The summed E-state index contributed by atoms with van der Waals surface area (Å²) in [4.78, 5) is 4.51. The minimum atomic E-state index is 0.693. The number of aryl methyl sites for hydroxylation is 1. The fourth-order valence-corrected chi connectivity index (χ4v) is 1.71. The maximum atomic E-state index is 5.70. The first-order valence-corrected chi connectivity index (χ1v) is 6.04. The molecular weight excluding hydrogens is 218 g/mol. The normalized spacial score (nSPS) is 10.6. The molecule has 84 valence electrons. The van der Waals surface area contributed by atoms with Gasteiger partial charge in [-0.25, -0.2) is 4.98 Å². The van der Waals surface area contributed by atoms with Crippen LogP contribution in [0.4, 0.5) is 0 Å². The molecule has 1 heterocycles. The fraction of sp³-hybridized carbons (Fsp3) is 0.308. The van der Waals surface area contributed by atoms with E-state index in [0.717, 1.165) is 34.5 Å². The highest BCUT2D eigenvalue weighted by atomic mass is 32.1. The van der Waals surface area contributed by atoms with Crippen molar-refractivity contribution in [3.8, 4) is 5.75 Å². The van der Waals surface area contributed by atoms with Gasteiger partial charge in [0, 0.05) is 11.1 Å². The first-order chi connectivity index (χ1) is 7.81. The lowest BCUT2D eigenvalue weighted by molar-refractivity contribution is 0.322. The van der Waals surface area contributed by atoms with Gasteiger partial charge in [0.15, 0.2) is 0 Å². The monoisotopic (exact) mass is 233 g/mol. The predicted molar refractivity (Wildman–Crippen MR) is 70.4 cm³/mol. The Morgan fingerprint density at radius 1 is 1.25 bits per heavy atom. The minimum absolute atomic E-state index is 0.693. The second-order valence-electron chi connectivity index (χ2n) is 3.71. The van der Waals surface area contributed by atoms with Gasteiger partial charge < -0.3 is 4.74 Å². The largest absolute Gasteiger partial charge is 0.491 e. The Hall–Kier alpha value is -1.22. The van der Waals surface area contributed by atoms with Crippen molar-refractivity contribution in [1.82, 2.24) is 4.98 Å². The predicted octanol–water partition coefficient (Wildman–Crippen LogP) is 3.24. The van der Waals surface area contributed by atoms with Gasteiger partial charge in [0.2, 0.25) is 0 Å². The van der Waals surface area contributed by atoms with Crippen molar-refractivity contribution in [3.63, 3.8) is 0 Å². The maximum absolute atomic E-state index is 5.70. The third-order valence-electron chi connectivity index (χ3n) is 2.38. The lowest BCUT2D eigenvalue weighted by Gasteiger charge is -2.08. The number of para-hydroxylation sites is 1. The van der Waals surface area contributed by atoms with Crippen LogP contribution in [0.15, 0.2) is 30.3 Å². The van der Waals surface area contributed by atoms with Crippen LogP contribution < -0.4 is 4.74 Å². The zero-order valence-electron chi connectivity index (χ0n) is 9.31. The summed E-state index contributed by atoms with van der Waals surface area (Å²) in [5.74, 6) is 1.71. The van der Waals surface area contributed by atoms with Crippen LogP contribution in [-0.2, 0) is 0 Å². The second kappa shape index (κ2) is 5.21. The van der Waals surface area contributed by atoms with Gasteiger partial charge in [-0.3, -0.25) is 0 Å². The number of benzene rings is 1. The van der Waals surface area contributed by atoms with Crippen LogP contribution in [0.1, 0.15) is 12.1 Å². The summed E-state index contributed by atoms with van der Waals surface area (Å²) >= 11 is 4.16. The van der Waals surface area contributed by atoms with Crippen LogP contribution >= 0.6 is 12.6 Å². The van der Waals surface area contributed by atoms with Crippen LogP contribution in [-0.4, -0.2) is 17.3 Å². The molecule has 2 aromatic rings. The molecule has 0 amide bonds. The minimum Gasteiger partial charge on any atom is -0.491 e. The van der Waals surface area contributed by atoms with Crippen molar-refractivity contribution in [3.05, 3.63) is 36.0 Å². The van der Waals surface area contributed by atoms with Crippen LogP contribution in [0.2, 0.25) is 0 Å². The summed E-state index contributed by atoms with van der Waals surface area (Å²) in [7, 11) is 0. The third-order valence-corrected chi connectivity index (χ3v) is 2.70. The van der Waals surface area contributed by atoms with Crippen molar-refractivity contribution < 1.29 is 4.74 Å². The summed E-state index contributed by atoms with van der Waals surface area (Å²) in [6, 6.07) is 10.1. The molecule has 0 saturated carbocycles. The van der Waals surface area contributed by atoms with E-state index >= 15 is 0 Å². The molecule has 0 aliphatic rings. The molecule has 0 aliphatic heterocycles. The first-order valence-electron chi connectivity index (χ1n) is 5.41. The average molecular weight is 233 g/mol. The number of thiol groups is 1. The van der Waals surface area contributed by atoms with Crippen molar-refractivity contribution in [2.75, 3.05) is 12.4 Å². The molecule has 0 aliphatic carbocycles. The smallest absolute Gasteiger partial charge is 0.145 e. The summed E-state index contributed by atoms with van der Waals surface area (Å²) in [6.45, 7) is 2.68. The first kappa shape index (κ1) is 11.3. The number of hydrogen-bond donors (Lipinski definition) is 1. The van der Waals surface area contributed by atoms with Crippen molar-refractivity contribution in [2.45, 2.75) is 13.3 Å². The summed E-state index contributed by atoms with van der Waals surface area (Å²) in [5, 5.41) is 1.12. The number of hydrogen-bond acceptors (Lipinski definition) is 3. The molecule has 0 atom stereocenters. The summed E-state index contributed by atoms with van der Waals surface area (Å²) < 4.78 is 5.70. The van der Waals surface area contributed by atoms with E-state index in [1.807, 2.05) is 31.2 Å². The van der Waals surface area contributed by atoms with E-state index in [4.69, 9.17) is 4.74 Å². The van der Waals surface area contributed by atoms with Crippen LogP contribution in [0, 0.1) is 6.92 Å². The standard InChI is InChI=1S/C13H15NOS/c1-10-6-7-11-4-2-5-12(13(11)14-10)15-8-3-9-16/h2,4-7,16H,3,8-9H2,1H3. The molecule has 0 bridgehead atoms.